The molecule has 9 nitrogen and oxygen atoms in total. The Morgan fingerprint density at radius 2 is 1.98 bits per heavy atom. The molecule has 0 fully saturated rings. The van der Waals surface area contributed by atoms with Crippen LogP contribution < -0.4 is 20.4 Å². The number of allylic oxidation sites excluding steroid dienone is 1. The molecular weight excluding hydrogens is 572 g/mol. The fourth-order valence-electron chi connectivity index (χ4n) is 4.36. The van der Waals surface area contributed by atoms with E-state index in [1.165, 1.54) is 29.8 Å². The van der Waals surface area contributed by atoms with Gasteiger partial charge in [0.25, 0.3) is 5.91 Å². The van der Waals surface area contributed by atoms with Crippen LogP contribution in [0.4, 0.5) is 5.13 Å². The Morgan fingerprint density at radius 1 is 1.10 bits per heavy atom. The molecule has 0 radical (unpaired) electrons. The van der Waals surface area contributed by atoms with E-state index in [-0.39, 0.29) is 12.5 Å². The number of fused-ring (bicyclic) bond motifs is 3. The van der Waals surface area contributed by atoms with Crippen LogP contribution in [-0.2, 0) is 4.79 Å². The van der Waals surface area contributed by atoms with Crippen LogP contribution in [0.25, 0.3) is 44.6 Å². The lowest BCUT2D eigenvalue weighted by molar-refractivity contribution is -0.118. The van der Waals surface area contributed by atoms with Crippen LogP contribution in [0.2, 0.25) is 0 Å². The summed E-state index contributed by atoms with van der Waals surface area (Å²) in [5, 5.41) is 19.8. The van der Waals surface area contributed by atoms with E-state index in [0.717, 1.165) is 16.2 Å². The van der Waals surface area contributed by atoms with Crippen LogP contribution in [0.3, 0.4) is 0 Å². The number of anilines is 1. The van der Waals surface area contributed by atoms with Crippen molar-refractivity contribution in [3.63, 3.8) is 0 Å². The van der Waals surface area contributed by atoms with Crippen LogP contribution in [0, 0.1) is 11.3 Å². The van der Waals surface area contributed by atoms with Gasteiger partial charge in [-0.2, -0.15) is 5.26 Å². The zero-order valence-corrected chi connectivity index (χ0v) is 23.6. The van der Waals surface area contributed by atoms with Crippen LogP contribution in [-0.4, -0.2) is 29.6 Å². The second-order valence-electron chi connectivity index (χ2n) is 8.94. The third-order valence-electron chi connectivity index (χ3n) is 6.31. The second kappa shape index (κ2) is 11.7. The zero-order valence-electron chi connectivity index (χ0n) is 22.0. The van der Waals surface area contributed by atoms with E-state index >= 15 is 0 Å². The second-order valence-corrected chi connectivity index (χ2v) is 10.7. The van der Waals surface area contributed by atoms with Gasteiger partial charge in [0.1, 0.15) is 16.7 Å². The molecule has 0 saturated heterocycles. The van der Waals surface area contributed by atoms with E-state index in [1.807, 2.05) is 30.3 Å². The quantitative estimate of drug-likeness (QED) is 0.119. The Balaban J connectivity index is 1.25. The van der Waals surface area contributed by atoms with Crippen molar-refractivity contribution in [1.29, 1.82) is 5.26 Å². The molecule has 0 spiro atoms. The number of nitriles is 1. The predicted octanol–water partition coefficient (Wildman–Crippen LogP) is 6.62. The number of nitrogens with one attached hydrogen (secondary N) is 1. The molecule has 0 unspecified atom stereocenters. The summed E-state index contributed by atoms with van der Waals surface area (Å²) >= 11 is 2.56. The van der Waals surface area contributed by atoms with Gasteiger partial charge in [0.15, 0.2) is 23.2 Å². The topological polar surface area (TPSA) is 127 Å². The van der Waals surface area contributed by atoms with Crippen molar-refractivity contribution >= 4 is 67.1 Å². The van der Waals surface area contributed by atoms with Gasteiger partial charge in [-0.25, -0.2) is 14.8 Å². The summed E-state index contributed by atoms with van der Waals surface area (Å²) in [6.07, 6.45) is 3.26. The van der Waals surface area contributed by atoms with E-state index in [0.29, 0.717) is 49.6 Å². The van der Waals surface area contributed by atoms with E-state index in [4.69, 9.17) is 13.9 Å². The highest BCUT2D eigenvalue weighted by Gasteiger charge is 2.16. The number of rotatable bonds is 8. The lowest BCUT2D eigenvalue weighted by Crippen LogP contribution is -2.20. The SMILES string of the molecule is COc1cc(/C=C(\C#N)c2nc(-c3cc4c(ccc5ccccc54)oc3=O)cs2)ccc1OCC(=O)Nc1nccs1. The molecule has 0 aliphatic rings. The molecule has 0 aliphatic heterocycles. The molecule has 0 aliphatic carbocycles. The van der Waals surface area contributed by atoms with Gasteiger partial charge in [-0.15, -0.1) is 22.7 Å². The van der Waals surface area contributed by atoms with Gasteiger partial charge in [-0.1, -0.05) is 36.4 Å². The molecule has 1 amide bonds. The number of carbonyl (C=O) groups is 1. The van der Waals surface area contributed by atoms with Crippen molar-refractivity contribution in [2.24, 2.45) is 0 Å². The van der Waals surface area contributed by atoms with Gasteiger partial charge in [0.05, 0.1) is 23.9 Å². The molecule has 0 bridgehead atoms. The van der Waals surface area contributed by atoms with Crippen molar-refractivity contribution in [2.75, 3.05) is 19.0 Å². The summed E-state index contributed by atoms with van der Waals surface area (Å²) < 4.78 is 16.7. The predicted molar refractivity (Wildman–Crippen MR) is 164 cm³/mol. The molecule has 0 saturated carbocycles. The smallest absolute Gasteiger partial charge is 0.345 e. The fraction of sp³-hybridized carbons (Fsp3) is 0.0645. The Bertz CT molecular complexity index is 2070. The van der Waals surface area contributed by atoms with Crippen molar-refractivity contribution in [3.05, 3.63) is 98.6 Å². The number of benzene rings is 3. The summed E-state index contributed by atoms with van der Waals surface area (Å²) in [4.78, 5) is 33.6. The maximum Gasteiger partial charge on any atom is 0.345 e. The number of hydrogen-bond donors (Lipinski definition) is 1. The van der Waals surface area contributed by atoms with Crippen molar-refractivity contribution in [1.82, 2.24) is 9.97 Å². The lowest BCUT2D eigenvalue weighted by Gasteiger charge is -2.11. The summed E-state index contributed by atoms with van der Waals surface area (Å²) in [5.41, 5.74) is 1.71. The van der Waals surface area contributed by atoms with Gasteiger partial charge in [-0.05, 0) is 46.7 Å². The van der Waals surface area contributed by atoms with E-state index in [9.17, 15) is 14.9 Å². The van der Waals surface area contributed by atoms with Gasteiger partial charge < -0.3 is 13.9 Å². The number of methoxy groups -OCH3 is 1. The molecule has 3 heterocycles. The molecule has 6 aromatic rings. The third kappa shape index (κ3) is 5.49. The summed E-state index contributed by atoms with van der Waals surface area (Å²) in [6, 6.07) is 20.7. The Kier molecular flexibility index (Phi) is 7.47. The van der Waals surface area contributed by atoms with E-state index < -0.39 is 5.63 Å². The minimum atomic E-state index is -0.502. The monoisotopic (exact) mass is 592 g/mol. The van der Waals surface area contributed by atoms with Gasteiger partial charge >= 0.3 is 5.63 Å². The number of hydrogen-bond acceptors (Lipinski definition) is 10. The number of amides is 1. The standard InChI is InChI=1S/C31H20N4O5S2/c1-38-27-13-18(6-8-26(27)39-16-28(36)35-31-33-10-11-41-31)12-20(15-32)29-34-24(17-42-29)23-14-22-21-5-3-2-4-19(21)7-9-25(22)40-30(23)37/h2-14,17H,16H2,1H3,(H,33,35,36)/b20-12+. The molecule has 206 valence electrons. The van der Waals surface area contributed by atoms with E-state index in [2.05, 4.69) is 21.4 Å². The van der Waals surface area contributed by atoms with Crippen LogP contribution >= 0.6 is 22.7 Å². The van der Waals surface area contributed by atoms with Crippen molar-refractivity contribution in [3.8, 4) is 28.8 Å². The minimum absolute atomic E-state index is 0.227. The van der Waals surface area contributed by atoms with Crippen LogP contribution in [0.1, 0.15) is 10.6 Å². The molecule has 42 heavy (non-hydrogen) atoms. The molecule has 3 aromatic carbocycles. The number of ether oxygens (including phenoxy) is 2. The third-order valence-corrected chi connectivity index (χ3v) is 7.87. The number of nitrogens with zero attached hydrogens (tertiary/aromatic N) is 3. The summed E-state index contributed by atoms with van der Waals surface area (Å²) in [7, 11) is 1.49. The average Bonchev–Trinajstić information content (AvgIpc) is 3.71. The van der Waals surface area contributed by atoms with Crippen molar-refractivity contribution < 1.29 is 18.7 Å². The first-order valence-electron chi connectivity index (χ1n) is 12.6. The number of aromatic nitrogens is 2. The largest absolute Gasteiger partial charge is 0.493 e. The summed E-state index contributed by atoms with van der Waals surface area (Å²) in [6.45, 7) is -0.227. The van der Waals surface area contributed by atoms with Gasteiger partial charge in [0.2, 0.25) is 0 Å². The zero-order chi connectivity index (χ0) is 29.1. The molecule has 3 aromatic heterocycles. The normalized spacial score (nSPS) is 11.4. The van der Waals surface area contributed by atoms with E-state index in [1.54, 1.807) is 53.4 Å². The molecule has 6 rings (SSSR count). The maximum atomic E-state index is 12.9. The molecular formula is C31H20N4O5S2. The lowest BCUT2D eigenvalue weighted by atomic mass is 10.0. The first kappa shape index (κ1) is 26.9. The Morgan fingerprint density at radius 3 is 2.79 bits per heavy atom. The summed E-state index contributed by atoms with van der Waals surface area (Å²) in [5.74, 6) is 0.411. The van der Waals surface area contributed by atoms with Gasteiger partial charge in [-0.3, -0.25) is 10.1 Å². The highest BCUT2D eigenvalue weighted by molar-refractivity contribution is 7.13. The first-order chi connectivity index (χ1) is 20.5. The maximum absolute atomic E-state index is 12.9. The average molecular weight is 593 g/mol. The molecule has 11 heteroatoms. The molecule has 1 N–H and O–H groups in total. The number of carbonyl (C=O) groups excluding carboxylic acids is 1. The van der Waals surface area contributed by atoms with Gasteiger partial charge in [0, 0.05) is 22.3 Å². The minimum Gasteiger partial charge on any atom is -0.493 e. The van der Waals surface area contributed by atoms with Crippen LogP contribution in [0.5, 0.6) is 11.5 Å². The Hall–Kier alpha value is -5.31. The fourth-order valence-corrected chi connectivity index (χ4v) is 5.69. The highest BCUT2D eigenvalue weighted by Crippen LogP contribution is 2.32. The van der Waals surface area contributed by atoms with Crippen molar-refractivity contribution in [2.45, 2.75) is 0 Å². The first-order valence-corrected chi connectivity index (χ1v) is 14.3. The Labute approximate surface area is 246 Å². The molecule has 0 atom stereocenters. The number of thiazole rings is 2. The van der Waals surface area contributed by atoms with Crippen LogP contribution in [0.15, 0.2) is 86.8 Å². The highest BCUT2D eigenvalue weighted by atomic mass is 32.1.